The van der Waals surface area contributed by atoms with Gasteiger partial charge in [-0.3, -0.25) is 0 Å². The lowest BCUT2D eigenvalue weighted by Crippen LogP contribution is -2.42. The van der Waals surface area contributed by atoms with Crippen molar-refractivity contribution >= 4 is 0 Å². The summed E-state index contributed by atoms with van der Waals surface area (Å²) in [5.74, 6) is 1.36. The topological polar surface area (TPSA) is 67.6 Å². The van der Waals surface area contributed by atoms with Crippen LogP contribution in [0.25, 0.3) is 0 Å². The number of hydrogen-bond acceptors (Lipinski definition) is 3. The summed E-state index contributed by atoms with van der Waals surface area (Å²) in [5.41, 5.74) is 5.51. The zero-order valence-electron chi connectivity index (χ0n) is 9.69. The molecule has 0 aromatic carbocycles. The van der Waals surface area contributed by atoms with Crippen molar-refractivity contribution in [3.05, 3.63) is 18.2 Å². The normalized spacial score (nSPS) is 29.2. The van der Waals surface area contributed by atoms with Gasteiger partial charge in [-0.15, -0.1) is 0 Å². The summed E-state index contributed by atoms with van der Waals surface area (Å²) in [6.07, 6.45) is 7.77. The molecule has 1 aliphatic rings. The molecule has 1 aliphatic carbocycles. The quantitative estimate of drug-likeness (QED) is 0.838. The lowest BCUT2D eigenvalue weighted by molar-refractivity contribution is 0.352. The van der Waals surface area contributed by atoms with Gasteiger partial charge in [0.1, 0.15) is 11.4 Å². The fourth-order valence-electron chi connectivity index (χ4n) is 2.59. The lowest BCUT2D eigenvalue weighted by Gasteiger charge is -2.24. The van der Waals surface area contributed by atoms with E-state index in [1.54, 1.807) is 0 Å². The molecule has 1 heterocycles. The molecular formula is C12H18N4. The molecule has 86 valence electrons. The first-order valence-corrected chi connectivity index (χ1v) is 5.83. The van der Waals surface area contributed by atoms with Crippen molar-refractivity contribution < 1.29 is 0 Å². The third-order valence-corrected chi connectivity index (χ3v) is 3.72. The number of aromatic nitrogens is 2. The van der Waals surface area contributed by atoms with Crippen LogP contribution in [0.15, 0.2) is 12.4 Å². The first-order valence-electron chi connectivity index (χ1n) is 5.83. The summed E-state index contributed by atoms with van der Waals surface area (Å²) >= 11 is 0. The maximum Gasteiger partial charge on any atom is 0.107 e. The maximum absolute atomic E-state index is 9.11. The van der Waals surface area contributed by atoms with Crippen LogP contribution in [0.2, 0.25) is 0 Å². The Morgan fingerprint density at radius 1 is 1.75 bits per heavy atom. The number of rotatable bonds is 3. The highest BCUT2D eigenvalue weighted by atomic mass is 15.0. The van der Waals surface area contributed by atoms with Crippen molar-refractivity contribution in [3.8, 4) is 6.07 Å². The van der Waals surface area contributed by atoms with Crippen molar-refractivity contribution in [2.75, 3.05) is 0 Å². The van der Waals surface area contributed by atoms with Crippen molar-refractivity contribution in [3.63, 3.8) is 0 Å². The van der Waals surface area contributed by atoms with Gasteiger partial charge in [0, 0.05) is 18.9 Å². The van der Waals surface area contributed by atoms with Crippen LogP contribution >= 0.6 is 0 Å². The van der Waals surface area contributed by atoms with Crippen LogP contribution in [-0.4, -0.2) is 15.1 Å². The molecule has 2 rings (SSSR count). The number of aryl methyl sites for hydroxylation is 2. The summed E-state index contributed by atoms with van der Waals surface area (Å²) in [6.45, 7) is 2.91. The minimum absolute atomic E-state index is 0.333. The van der Waals surface area contributed by atoms with Crippen molar-refractivity contribution in [2.24, 2.45) is 11.7 Å². The Kier molecular flexibility index (Phi) is 2.97. The molecule has 4 nitrogen and oxygen atoms in total. The van der Waals surface area contributed by atoms with E-state index >= 15 is 0 Å². The molecule has 0 bridgehead atoms. The molecule has 1 aromatic rings. The second-order valence-corrected chi connectivity index (χ2v) is 4.70. The molecule has 16 heavy (non-hydrogen) atoms. The molecule has 2 N–H and O–H groups in total. The zero-order chi connectivity index (χ0) is 11.6. The van der Waals surface area contributed by atoms with E-state index < -0.39 is 5.54 Å². The van der Waals surface area contributed by atoms with Gasteiger partial charge in [0.2, 0.25) is 0 Å². The number of nitrogens with two attached hydrogens (primary N) is 1. The summed E-state index contributed by atoms with van der Waals surface area (Å²) in [5, 5.41) is 9.11. The molecule has 1 fully saturated rings. The summed E-state index contributed by atoms with van der Waals surface area (Å²) in [6, 6.07) is 2.29. The minimum Gasteiger partial charge on any atom is -0.335 e. The molecule has 0 amide bonds. The van der Waals surface area contributed by atoms with E-state index in [0.717, 1.165) is 38.1 Å². The van der Waals surface area contributed by atoms with E-state index in [2.05, 4.69) is 15.6 Å². The highest BCUT2D eigenvalue weighted by molar-refractivity contribution is 5.11. The maximum atomic E-state index is 9.11. The molecule has 0 saturated heterocycles. The van der Waals surface area contributed by atoms with E-state index in [0.29, 0.717) is 5.92 Å². The Bertz CT molecular complexity index is 403. The Hall–Kier alpha value is -1.34. The lowest BCUT2D eigenvalue weighted by atomic mass is 9.87. The van der Waals surface area contributed by atoms with Crippen molar-refractivity contribution in [1.29, 1.82) is 5.26 Å². The highest BCUT2D eigenvalue weighted by Gasteiger charge is 2.39. The molecule has 4 heteroatoms. The molecule has 1 saturated carbocycles. The van der Waals surface area contributed by atoms with Crippen LogP contribution < -0.4 is 5.73 Å². The summed E-state index contributed by atoms with van der Waals surface area (Å²) in [7, 11) is 0. The van der Waals surface area contributed by atoms with Gasteiger partial charge in [0.15, 0.2) is 0 Å². The average Bonchev–Trinajstić information content (AvgIpc) is 2.83. The Balaban J connectivity index is 1.96. The molecular weight excluding hydrogens is 200 g/mol. The van der Waals surface area contributed by atoms with E-state index in [4.69, 9.17) is 11.0 Å². The third kappa shape index (κ3) is 1.96. The molecule has 2 unspecified atom stereocenters. The van der Waals surface area contributed by atoms with Crippen LogP contribution in [0.5, 0.6) is 0 Å². The first kappa shape index (κ1) is 11.2. The van der Waals surface area contributed by atoms with Crippen LogP contribution in [0.1, 0.15) is 31.5 Å². The number of imidazole rings is 1. The molecule has 2 atom stereocenters. The SMILES string of the molecule is Cc1nccn1CCC1CCCC1(N)C#N. The number of nitriles is 1. The van der Waals surface area contributed by atoms with Gasteiger partial charge in [0.05, 0.1) is 6.07 Å². The van der Waals surface area contributed by atoms with E-state index in [9.17, 15) is 0 Å². The summed E-state index contributed by atoms with van der Waals surface area (Å²) < 4.78 is 2.12. The first-order chi connectivity index (χ1) is 7.65. The fraction of sp³-hybridized carbons (Fsp3) is 0.667. The van der Waals surface area contributed by atoms with E-state index in [-0.39, 0.29) is 0 Å². The van der Waals surface area contributed by atoms with Gasteiger partial charge in [-0.2, -0.15) is 5.26 Å². The standard InChI is InChI=1S/C12H18N4/c1-10-15-6-8-16(10)7-4-11-3-2-5-12(11,14)9-13/h6,8,11H,2-5,7,14H2,1H3. The Morgan fingerprint density at radius 2 is 2.56 bits per heavy atom. The van der Waals surface area contributed by atoms with Gasteiger partial charge in [-0.25, -0.2) is 4.98 Å². The second kappa shape index (κ2) is 4.26. The van der Waals surface area contributed by atoms with E-state index in [1.165, 1.54) is 0 Å². The van der Waals surface area contributed by atoms with Gasteiger partial charge in [-0.05, 0) is 32.1 Å². The fourth-order valence-corrected chi connectivity index (χ4v) is 2.59. The van der Waals surface area contributed by atoms with Crippen LogP contribution in [-0.2, 0) is 6.54 Å². The third-order valence-electron chi connectivity index (χ3n) is 3.72. The predicted molar refractivity (Wildman–Crippen MR) is 61.5 cm³/mol. The smallest absolute Gasteiger partial charge is 0.107 e. The molecule has 1 aromatic heterocycles. The number of hydrogen-bond donors (Lipinski definition) is 1. The number of nitrogens with zero attached hydrogens (tertiary/aromatic N) is 3. The Labute approximate surface area is 96.1 Å². The predicted octanol–water partition coefficient (Wildman–Crippen LogP) is 1.60. The van der Waals surface area contributed by atoms with Gasteiger partial charge < -0.3 is 10.3 Å². The van der Waals surface area contributed by atoms with Crippen molar-refractivity contribution in [1.82, 2.24) is 9.55 Å². The Morgan fingerprint density at radius 3 is 3.19 bits per heavy atom. The van der Waals surface area contributed by atoms with Gasteiger partial charge in [0.25, 0.3) is 0 Å². The molecule has 0 radical (unpaired) electrons. The van der Waals surface area contributed by atoms with Crippen LogP contribution in [0.3, 0.4) is 0 Å². The minimum atomic E-state index is -0.589. The molecule has 0 spiro atoms. The van der Waals surface area contributed by atoms with Crippen molar-refractivity contribution in [2.45, 2.75) is 44.7 Å². The molecule has 0 aliphatic heterocycles. The largest absolute Gasteiger partial charge is 0.335 e. The second-order valence-electron chi connectivity index (χ2n) is 4.70. The highest BCUT2D eigenvalue weighted by Crippen LogP contribution is 2.35. The van der Waals surface area contributed by atoms with Crippen LogP contribution in [0.4, 0.5) is 0 Å². The van der Waals surface area contributed by atoms with Crippen LogP contribution in [0, 0.1) is 24.2 Å². The average molecular weight is 218 g/mol. The monoisotopic (exact) mass is 218 g/mol. The van der Waals surface area contributed by atoms with Gasteiger partial charge in [-0.1, -0.05) is 6.42 Å². The van der Waals surface area contributed by atoms with E-state index in [1.807, 2.05) is 19.3 Å². The zero-order valence-corrected chi connectivity index (χ0v) is 9.69. The summed E-state index contributed by atoms with van der Waals surface area (Å²) in [4.78, 5) is 4.19. The van der Waals surface area contributed by atoms with Gasteiger partial charge >= 0.3 is 0 Å².